The van der Waals surface area contributed by atoms with Gasteiger partial charge in [0.25, 0.3) is 0 Å². The first-order chi connectivity index (χ1) is 8.60. The number of nitrogens with one attached hydrogen (secondary N) is 2. The van der Waals surface area contributed by atoms with Crippen LogP contribution >= 0.6 is 0 Å². The second-order valence-electron chi connectivity index (χ2n) is 6.59. The van der Waals surface area contributed by atoms with Gasteiger partial charge in [-0.15, -0.1) is 0 Å². The minimum absolute atomic E-state index is 0.0962. The van der Waals surface area contributed by atoms with E-state index in [0.717, 1.165) is 39.0 Å². The van der Waals surface area contributed by atoms with E-state index < -0.39 is 0 Å². The SMILES string of the molecule is CC1(C)C(NC(=O)C2CCCNC2)C2CCOC21. The van der Waals surface area contributed by atoms with Crippen molar-refractivity contribution in [2.45, 2.75) is 45.3 Å². The topological polar surface area (TPSA) is 50.4 Å². The molecule has 4 unspecified atom stereocenters. The van der Waals surface area contributed by atoms with E-state index in [1.165, 1.54) is 0 Å². The third-order valence-electron chi connectivity index (χ3n) is 5.07. The highest BCUT2D eigenvalue weighted by Gasteiger charge is 2.59. The van der Waals surface area contributed by atoms with Gasteiger partial charge in [0.1, 0.15) is 0 Å². The zero-order valence-corrected chi connectivity index (χ0v) is 11.4. The molecule has 0 aromatic rings. The summed E-state index contributed by atoms with van der Waals surface area (Å²) in [5.41, 5.74) is 0.0962. The summed E-state index contributed by atoms with van der Waals surface area (Å²) < 4.78 is 5.76. The van der Waals surface area contributed by atoms with E-state index in [0.29, 0.717) is 18.1 Å². The molecule has 0 aromatic heterocycles. The van der Waals surface area contributed by atoms with E-state index >= 15 is 0 Å². The van der Waals surface area contributed by atoms with Crippen LogP contribution in [0, 0.1) is 17.3 Å². The number of carbonyl (C=O) groups is 1. The Bertz CT molecular complexity index is 337. The largest absolute Gasteiger partial charge is 0.377 e. The van der Waals surface area contributed by atoms with Crippen molar-refractivity contribution in [2.75, 3.05) is 19.7 Å². The molecule has 3 aliphatic rings. The summed E-state index contributed by atoms with van der Waals surface area (Å²) in [5.74, 6) is 0.946. The fourth-order valence-corrected chi connectivity index (χ4v) is 3.96. The monoisotopic (exact) mass is 252 g/mol. The van der Waals surface area contributed by atoms with Gasteiger partial charge in [0.05, 0.1) is 12.0 Å². The van der Waals surface area contributed by atoms with Gasteiger partial charge in [0, 0.05) is 30.5 Å². The molecule has 2 aliphatic heterocycles. The highest BCUT2D eigenvalue weighted by Crippen LogP contribution is 2.52. The minimum Gasteiger partial charge on any atom is -0.377 e. The van der Waals surface area contributed by atoms with Crippen LogP contribution in [0.1, 0.15) is 33.1 Å². The summed E-state index contributed by atoms with van der Waals surface area (Å²) in [4.78, 5) is 12.3. The van der Waals surface area contributed by atoms with Gasteiger partial charge in [-0.25, -0.2) is 0 Å². The molecule has 1 amide bonds. The lowest BCUT2D eigenvalue weighted by molar-refractivity contribution is -0.141. The van der Waals surface area contributed by atoms with Crippen LogP contribution in [0.4, 0.5) is 0 Å². The Hall–Kier alpha value is -0.610. The van der Waals surface area contributed by atoms with Crippen molar-refractivity contribution in [3.8, 4) is 0 Å². The van der Waals surface area contributed by atoms with Gasteiger partial charge in [-0.3, -0.25) is 4.79 Å². The van der Waals surface area contributed by atoms with Crippen molar-refractivity contribution in [2.24, 2.45) is 17.3 Å². The zero-order chi connectivity index (χ0) is 12.8. The van der Waals surface area contributed by atoms with Crippen LogP contribution in [-0.2, 0) is 9.53 Å². The van der Waals surface area contributed by atoms with Crippen LogP contribution in [0.15, 0.2) is 0 Å². The van der Waals surface area contributed by atoms with Crippen molar-refractivity contribution in [3.05, 3.63) is 0 Å². The molecule has 4 atom stereocenters. The molecule has 0 radical (unpaired) electrons. The van der Waals surface area contributed by atoms with Crippen LogP contribution in [0.3, 0.4) is 0 Å². The van der Waals surface area contributed by atoms with E-state index in [9.17, 15) is 4.79 Å². The lowest BCUT2D eigenvalue weighted by Crippen LogP contribution is -2.67. The molecule has 2 N–H and O–H groups in total. The summed E-state index contributed by atoms with van der Waals surface area (Å²) in [5, 5.41) is 6.60. The fraction of sp³-hybridized carbons (Fsp3) is 0.929. The first-order valence-electron chi connectivity index (χ1n) is 7.23. The van der Waals surface area contributed by atoms with E-state index in [1.54, 1.807) is 0 Å². The van der Waals surface area contributed by atoms with Crippen LogP contribution in [0.2, 0.25) is 0 Å². The number of ether oxygens (including phenoxy) is 1. The summed E-state index contributed by atoms with van der Waals surface area (Å²) in [7, 11) is 0. The Morgan fingerprint density at radius 2 is 2.22 bits per heavy atom. The molecule has 3 rings (SSSR count). The molecule has 2 heterocycles. The molecule has 4 nitrogen and oxygen atoms in total. The summed E-state index contributed by atoms with van der Waals surface area (Å²) in [6.07, 6.45) is 3.59. The summed E-state index contributed by atoms with van der Waals surface area (Å²) in [6, 6.07) is 0.305. The molecule has 102 valence electrons. The predicted molar refractivity (Wildman–Crippen MR) is 69.2 cm³/mol. The molecule has 3 fully saturated rings. The van der Waals surface area contributed by atoms with Crippen molar-refractivity contribution in [3.63, 3.8) is 0 Å². The van der Waals surface area contributed by atoms with Crippen molar-refractivity contribution in [1.82, 2.24) is 10.6 Å². The Kier molecular flexibility index (Phi) is 3.10. The molecule has 0 spiro atoms. The quantitative estimate of drug-likeness (QED) is 0.768. The number of hydrogen-bond acceptors (Lipinski definition) is 3. The Balaban J connectivity index is 1.60. The van der Waals surface area contributed by atoms with Crippen molar-refractivity contribution >= 4 is 5.91 Å². The van der Waals surface area contributed by atoms with Crippen LogP contribution in [0.25, 0.3) is 0 Å². The van der Waals surface area contributed by atoms with Crippen molar-refractivity contribution in [1.29, 1.82) is 0 Å². The number of rotatable bonds is 2. The summed E-state index contributed by atoms with van der Waals surface area (Å²) in [6.45, 7) is 7.17. The maximum absolute atomic E-state index is 12.3. The molecular weight excluding hydrogens is 228 g/mol. The molecule has 18 heavy (non-hydrogen) atoms. The predicted octanol–water partition coefficient (Wildman–Crippen LogP) is 0.916. The van der Waals surface area contributed by atoms with Gasteiger partial charge in [-0.2, -0.15) is 0 Å². The Morgan fingerprint density at radius 1 is 1.39 bits per heavy atom. The molecule has 1 saturated carbocycles. The van der Waals surface area contributed by atoms with Gasteiger partial charge in [-0.1, -0.05) is 13.8 Å². The maximum Gasteiger partial charge on any atom is 0.224 e. The molecule has 2 saturated heterocycles. The van der Waals surface area contributed by atoms with Gasteiger partial charge >= 0.3 is 0 Å². The average Bonchev–Trinajstić information content (AvgIpc) is 2.83. The number of hydrogen-bond donors (Lipinski definition) is 2. The first kappa shape index (κ1) is 12.4. The third kappa shape index (κ3) is 1.86. The first-order valence-corrected chi connectivity index (χ1v) is 7.23. The van der Waals surface area contributed by atoms with E-state index in [-0.39, 0.29) is 17.2 Å². The molecular formula is C14H24N2O2. The Labute approximate surface area is 109 Å². The molecule has 4 heteroatoms. The van der Waals surface area contributed by atoms with Crippen LogP contribution in [0.5, 0.6) is 0 Å². The van der Waals surface area contributed by atoms with E-state index in [4.69, 9.17) is 4.74 Å². The van der Waals surface area contributed by atoms with E-state index in [1.807, 2.05) is 0 Å². The normalized spacial score (nSPS) is 41.9. The van der Waals surface area contributed by atoms with Gasteiger partial charge in [-0.05, 0) is 25.8 Å². The standard InChI is InChI=1S/C14H24N2O2/c1-14(2)11(10-5-7-18-12(10)14)16-13(17)9-4-3-6-15-8-9/h9-12,15H,3-8H2,1-2H3,(H,16,17). The van der Waals surface area contributed by atoms with Crippen LogP contribution in [-0.4, -0.2) is 37.7 Å². The van der Waals surface area contributed by atoms with Gasteiger partial charge in [0.15, 0.2) is 0 Å². The Morgan fingerprint density at radius 3 is 2.94 bits per heavy atom. The lowest BCUT2D eigenvalue weighted by Gasteiger charge is -2.54. The van der Waals surface area contributed by atoms with E-state index in [2.05, 4.69) is 24.5 Å². The average molecular weight is 252 g/mol. The number of piperidine rings is 1. The highest BCUT2D eigenvalue weighted by molar-refractivity contribution is 5.79. The van der Waals surface area contributed by atoms with Crippen LogP contribution < -0.4 is 10.6 Å². The zero-order valence-electron chi connectivity index (χ0n) is 11.4. The minimum atomic E-state index is 0.0962. The number of fused-ring (bicyclic) bond motifs is 1. The lowest BCUT2D eigenvalue weighted by atomic mass is 9.57. The molecule has 0 bridgehead atoms. The second kappa shape index (κ2) is 4.49. The van der Waals surface area contributed by atoms with Crippen molar-refractivity contribution < 1.29 is 9.53 Å². The van der Waals surface area contributed by atoms with Gasteiger partial charge in [0.2, 0.25) is 5.91 Å². The maximum atomic E-state index is 12.3. The fourth-order valence-electron chi connectivity index (χ4n) is 3.96. The third-order valence-corrected chi connectivity index (χ3v) is 5.07. The molecule has 1 aliphatic carbocycles. The summed E-state index contributed by atoms with van der Waals surface area (Å²) >= 11 is 0. The molecule has 0 aromatic carbocycles. The highest BCUT2D eigenvalue weighted by atomic mass is 16.5. The number of amides is 1. The van der Waals surface area contributed by atoms with Gasteiger partial charge < -0.3 is 15.4 Å². The smallest absolute Gasteiger partial charge is 0.224 e. The second-order valence-corrected chi connectivity index (χ2v) is 6.59. The number of carbonyl (C=O) groups excluding carboxylic acids is 1.